The van der Waals surface area contributed by atoms with Crippen molar-refractivity contribution in [1.82, 2.24) is 4.31 Å². The van der Waals surface area contributed by atoms with Crippen LogP contribution in [0.4, 0.5) is 0 Å². The van der Waals surface area contributed by atoms with Crippen molar-refractivity contribution >= 4 is 19.9 Å². The number of aliphatic hydroxyl groups is 1. The molecule has 0 aliphatic rings. The van der Waals surface area contributed by atoms with Gasteiger partial charge in [-0.05, 0) is 0 Å². The molecule has 0 aromatic heterocycles. The van der Waals surface area contributed by atoms with Crippen LogP contribution >= 0.6 is 0 Å². The Morgan fingerprint density at radius 3 is 2.18 bits per heavy atom. The van der Waals surface area contributed by atoms with Gasteiger partial charge in [0.15, 0.2) is 14.9 Å². The molecule has 0 saturated heterocycles. The number of hydrogen-bond acceptors (Lipinski definition) is 6. The maximum Gasteiger partial charge on any atom is 0.228 e. The second-order valence-electron chi connectivity index (χ2n) is 3.48. The van der Waals surface area contributed by atoms with E-state index < -0.39 is 24.9 Å². The normalized spacial score (nSPS) is 13.2. The molecule has 0 rings (SSSR count). The summed E-state index contributed by atoms with van der Waals surface area (Å²) in [6.07, 6.45) is 0.876. The SMILES string of the molecule is CCN(CCOCCO)S(=O)(=O)CS(C)(=O)=O. The van der Waals surface area contributed by atoms with Crippen LogP contribution in [0.2, 0.25) is 0 Å². The minimum Gasteiger partial charge on any atom is -0.394 e. The van der Waals surface area contributed by atoms with Gasteiger partial charge in [0.25, 0.3) is 0 Å². The third-order valence-corrected chi connectivity index (χ3v) is 5.96. The van der Waals surface area contributed by atoms with Crippen molar-refractivity contribution in [3.63, 3.8) is 0 Å². The van der Waals surface area contributed by atoms with Gasteiger partial charge in [0.1, 0.15) is 0 Å². The molecule has 0 radical (unpaired) electrons. The van der Waals surface area contributed by atoms with Gasteiger partial charge in [-0.25, -0.2) is 16.8 Å². The third-order valence-electron chi connectivity index (χ3n) is 1.83. The fourth-order valence-corrected chi connectivity index (χ4v) is 4.68. The van der Waals surface area contributed by atoms with Crippen molar-refractivity contribution in [3.8, 4) is 0 Å². The lowest BCUT2D eigenvalue weighted by Crippen LogP contribution is -2.37. The molecule has 17 heavy (non-hydrogen) atoms. The number of sulfonamides is 1. The fraction of sp³-hybridized carbons (Fsp3) is 1.00. The lowest BCUT2D eigenvalue weighted by atomic mass is 10.6. The predicted octanol–water partition coefficient (Wildman–Crippen LogP) is -1.35. The Bertz CT molecular complexity index is 402. The molecular formula is C8H19NO6S2. The lowest BCUT2D eigenvalue weighted by molar-refractivity contribution is 0.0860. The Morgan fingerprint density at radius 2 is 1.76 bits per heavy atom. The van der Waals surface area contributed by atoms with E-state index in [-0.39, 0.29) is 32.9 Å². The van der Waals surface area contributed by atoms with Crippen molar-refractivity contribution in [2.24, 2.45) is 0 Å². The van der Waals surface area contributed by atoms with E-state index in [0.717, 1.165) is 10.6 Å². The van der Waals surface area contributed by atoms with Gasteiger partial charge >= 0.3 is 0 Å². The van der Waals surface area contributed by atoms with Crippen LogP contribution in [0, 0.1) is 0 Å². The fourth-order valence-electron chi connectivity index (χ4n) is 1.17. The maximum atomic E-state index is 11.7. The maximum absolute atomic E-state index is 11.7. The molecule has 0 spiro atoms. The number of nitrogens with zero attached hydrogens (tertiary/aromatic N) is 1. The van der Waals surface area contributed by atoms with Crippen LogP contribution in [0.5, 0.6) is 0 Å². The number of sulfone groups is 1. The highest BCUT2D eigenvalue weighted by Crippen LogP contribution is 2.04. The quantitative estimate of drug-likeness (QED) is 0.527. The predicted molar refractivity (Wildman–Crippen MR) is 63.8 cm³/mol. The van der Waals surface area contributed by atoms with E-state index in [4.69, 9.17) is 9.84 Å². The summed E-state index contributed by atoms with van der Waals surface area (Å²) in [4.78, 5) is 0. The summed E-state index contributed by atoms with van der Waals surface area (Å²) in [6.45, 7) is 1.99. The molecule has 0 aromatic rings. The van der Waals surface area contributed by atoms with Gasteiger partial charge in [-0.2, -0.15) is 4.31 Å². The van der Waals surface area contributed by atoms with Crippen molar-refractivity contribution in [2.45, 2.75) is 6.92 Å². The summed E-state index contributed by atoms with van der Waals surface area (Å²) >= 11 is 0. The smallest absolute Gasteiger partial charge is 0.228 e. The van der Waals surface area contributed by atoms with Crippen LogP contribution in [-0.4, -0.2) is 70.5 Å². The zero-order valence-corrected chi connectivity index (χ0v) is 11.6. The van der Waals surface area contributed by atoms with Crippen molar-refractivity contribution in [3.05, 3.63) is 0 Å². The van der Waals surface area contributed by atoms with Crippen LogP contribution in [0.25, 0.3) is 0 Å². The van der Waals surface area contributed by atoms with E-state index in [1.54, 1.807) is 6.92 Å². The molecule has 9 heteroatoms. The topological polar surface area (TPSA) is 101 Å². The van der Waals surface area contributed by atoms with Gasteiger partial charge in [0.05, 0.1) is 19.8 Å². The van der Waals surface area contributed by atoms with Crippen molar-refractivity contribution < 1.29 is 26.7 Å². The standard InChI is InChI=1S/C8H19NO6S2/c1-3-9(4-6-15-7-5-10)17(13,14)8-16(2,11)12/h10H,3-8H2,1-2H3. The summed E-state index contributed by atoms with van der Waals surface area (Å²) in [5, 5.41) is 7.57. The number of likely N-dealkylation sites (N-methyl/N-ethyl adjacent to an activating group) is 1. The lowest BCUT2D eigenvalue weighted by Gasteiger charge is -2.19. The van der Waals surface area contributed by atoms with Gasteiger partial charge in [-0.3, -0.25) is 0 Å². The summed E-state index contributed by atoms with van der Waals surface area (Å²) < 4.78 is 51.3. The average Bonchev–Trinajstić information content (AvgIpc) is 2.13. The van der Waals surface area contributed by atoms with E-state index in [0.29, 0.717) is 0 Å². The number of hydrogen-bond donors (Lipinski definition) is 1. The molecule has 0 bridgehead atoms. The summed E-state index contributed by atoms with van der Waals surface area (Å²) in [5.41, 5.74) is 0. The van der Waals surface area contributed by atoms with E-state index in [2.05, 4.69) is 0 Å². The molecule has 0 aliphatic heterocycles. The molecule has 0 amide bonds. The largest absolute Gasteiger partial charge is 0.394 e. The first-order valence-corrected chi connectivity index (χ1v) is 8.74. The first-order valence-electron chi connectivity index (χ1n) is 5.07. The van der Waals surface area contributed by atoms with Crippen LogP contribution in [0.1, 0.15) is 6.92 Å². The molecule has 0 aromatic carbocycles. The van der Waals surface area contributed by atoms with Crippen LogP contribution < -0.4 is 0 Å². The molecule has 0 aliphatic carbocycles. The Kier molecular flexibility index (Phi) is 7.17. The zero-order valence-electron chi connectivity index (χ0n) is 9.99. The van der Waals surface area contributed by atoms with Crippen LogP contribution in [-0.2, 0) is 24.6 Å². The molecule has 0 unspecified atom stereocenters. The summed E-state index contributed by atoms with van der Waals surface area (Å²) in [7, 11) is -7.40. The molecule has 0 atom stereocenters. The minimum atomic E-state index is -3.81. The average molecular weight is 289 g/mol. The molecular weight excluding hydrogens is 270 g/mol. The van der Waals surface area contributed by atoms with Crippen LogP contribution in [0.3, 0.4) is 0 Å². The van der Waals surface area contributed by atoms with Gasteiger partial charge in [0, 0.05) is 19.3 Å². The van der Waals surface area contributed by atoms with E-state index in [1.165, 1.54) is 0 Å². The first kappa shape index (κ1) is 16.8. The summed E-state index contributed by atoms with van der Waals surface area (Å²) in [5.74, 6) is 0. The molecule has 7 nitrogen and oxygen atoms in total. The Hall–Kier alpha value is -0.220. The molecule has 0 saturated carbocycles. The molecule has 1 N–H and O–H groups in total. The van der Waals surface area contributed by atoms with Gasteiger partial charge in [-0.1, -0.05) is 6.92 Å². The monoisotopic (exact) mass is 289 g/mol. The minimum absolute atomic E-state index is 0.0777. The summed E-state index contributed by atoms with van der Waals surface area (Å²) in [6, 6.07) is 0. The number of aliphatic hydroxyl groups excluding tert-OH is 1. The third kappa shape index (κ3) is 7.66. The highest BCUT2D eigenvalue weighted by Gasteiger charge is 2.24. The molecule has 104 valence electrons. The van der Waals surface area contributed by atoms with E-state index in [1.807, 2.05) is 0 Å². The second kappa shape index (κ2) is 7.27. The van der Waals surface area contributed by atoms with Crippen molar-refractivity contribution in [1.29, 1.82) is 0 Å². The number of rotatable bonds is 9. The van der Waals surface area contributed by atoms with Gasteiger partial charge in [-0.15, -0.1) is 0 Å². The number of ether oxygens (including phenoxy) is 1. The molecule has 0 heterocycles. The highest BCUT2D eigenvalue weighted by molar-refractivity contribution is 8.06. The first-order chi connectivity index (χ1) is 7.73. The molecule has 0 fully saturated rings. The second-order valence-corrected chi connectivity index (χ2v) is 7.96. The Balaban J connectivity index is 4.44. The zero-order chi connectivity index (χ0) is 13.5. The van der Waals surface area contributed by atoms with Crippen molar-refractivity contribution in [2.75, 3.05) is 44.3 Å². The Morgan fingerprint density at radius 1 is 1.18 bits per heavy atom. The van der Waals surface area contributed by atoms with Crippen LogP contribution in [0.15, 0.2) is 0 Å². The Labute approximate surface area is 102 Å². The van der Waals surface area contributed by atoms with Gasteiger partial charge in [0.2, 0.25) is 10.0 Å². The van der Waals surface area contributed by atoms with E-state index in [9.17, 15) is 16.8 Å². The van der Waals surface area contributed by atoms with E-state index >= 15 is 0 Å². The van der Waals surface area contributed by atoms with Gasteiger partial charge < -0.3 is 9.84 Å². The highest BCUT2D eigenvalue weighted by atomic mass is 32.3.